The normalized spacial score (nSPS) is 11.0. The molecule has 0 aliphatic rings. The lowest BCUT2D eigenvalue weighted by molar-refractivity contribution is -0.112. The molecule has 0 unspecified atom stereocenters. The number of benzene rings is 4. The molecule has 0 heterocycles. The van der Waals surface area contributed by atoms with Gasteiger partial charge in [0, 0.05) is 17.7 Å². The molecule has 6 nitrogen and oxygen atoms in total. The van der Waals surface area contributed by atoms with E-state index in [9.17, 15) is 10.1 Å². The fourth-order valence-electron chi connectivity index (χ4n) is 3.76. The van der Waals surface area contributed by atoms with Crippen molar-refractivity contribution in [2.24, 2.45) is 0 Å². The van der Waals surface area contributed by atoms with Gasteiger partial charge in [-0.2, -0.15) is 5.26 Å². The van der Waals surface area contributed by atoms with Gasteiger partial charge in [-0.1, -0.05) is 72.3 Å². The SMILES string of the molecule is COc1cc(NC(=O)/C(C#N)=C/c2ccccc2OCc2cccc3ccccc23)c(OC)cc1Cl. The van der Waals surface area contributed by atoms with Gasteiger partial charge in [0.15, 0.2) is 0 Å². The predicted molar refractivity (Wildman–Crippen MR) is 141 cm³/mol. The number of halogens is 1. The summed E-state index contributed by atoms with van der Waals surface area (Å²) in [6.07, 6.45) is 1.49. The number of anilines is 1. The van der Waals surface area contributed by atoms with Gasteiger partial charge >= 0.3 is 0 Å². The molecule has 0 atom stereocenters. The van der Waals surface area contributed by atoms with Crippen LogP contribution < -0.4 is 19.5 Å². The largest absolute Gasteiger partial charge is 0.495 e. The number of carbonyl (C=O) groups is 1. The van der Waals surface area contributed by atoms with Crippen LogP contribution in [0.25, 0.3) is 16.8 Å². The third-order valence-corrected chi connectivity index (χ3v) is 5.86. The molecule has 180 valence electrons. The van der Waals surface area contributed by atoms with Gasteiger partial charge in [0.1, 0.15) is 35.5 Å². The van der Waals surface area contributed by atoms with Gasteiger partial charge in [0.05, 0.1) is 24.9 Å². The maximum Gasteiger partial charge on any atom is 0.266 e. The smallest absolute Gasteiger partial charge is 0.266 e. The van der Waals surface area contributed by atoms with E-state index in [1.165, 1.54) is 32.4 Å². The van der Waals surface area contributed by atoms with E-state index in [2.05, 4.69) is 23.5 Å². The number of ether oxygens (including phenoxy) is 3. The number of carbonyl (C=O) groups excluding carboxylic acids is 1. The Morgan fingerprint density at radius 1 is 0.944 bits per heavy atom. The first kappa shape index (κ1) is 24.6. The fourth-order valence-corrected chi connectivity index (χ4v) is 3.99. The van der Waals surface area contributed by atoms with Crippen molar-refractivity contribution in [3.8, 4) is 23.3 Å². The van der Waals surface area contributed by atoms with Gasteiger partial charge in [0.25, 0.3) is 5.91 Å². The lowest BCUT2D eigenvalue weighted by atomic mass is 10.1. The van der Waals surface area contributed by atoms with E-state index >= 15 is 0 Å². The van der Waals surface area contributed by atoms with Crippen LogP contribution in [0.3, 0.4) is 0 Å². The van der Waals surface area contributed by atoms with Crippen LogP contribution in [-0.4, -0.2) is 20.1 Å². The summed E-state index contributed by atoms with van der Waals surface area (Å²) in [6, 6.07) is 26.4. The highest BCUT2D eigenvalue weighted by Crippen LogP contribution is 2.36. The van der Waals surface area contributed by atoms with Crippen molar-refractivity contribution in [3.05, 3.63) is 101 Å². The van der Waals surface area contributed by atoms with Crippen LogP contribution in [0.5, 0.6) is 17.2 Å². The van der Waals surface area contributed by atoms with Crippen LogP contribution in [-0.2, 0) is 11.4 Å². The fraction of sp³-hybridized carbons (Fsp3) is 0.103. The molecule has 0 radical (unpaired) electrons. The molecule has 0 saturated carbocycles. The number of para-hydroxylation sites is 1. The summed E-state index contributed by atoms with van der Waals surface area (Å²) in [5.41, 5.74) is 1.86. The summed E-state index contributed by atoms with van der Waals surface area (Å²) >= 11 is 6.14. The van der Waals surface area contributed by atoms with Crippen molar-refractivity contribution in [1.82, 2.24) is 0 Å². The van der Waals surface area contributed by atoms with E-state index in [0.717, 1.165) is 16.3 Å². The second-order valence-corrected chi connectivity index (χ2v) is 8.18. The molecule has 0 bridgehead atoms. The minimum absolute atomic E-state index is 0.104. The summed E-state index contributed by atoms with van der Waals surface area (Å²) in [5.74, 6) is 0.647. The van der Waals surface area contributed by atoms with Gasteiger partial charge in [-0.25, -0.2) is 0 Å². The van der Waals surface area contributed by atoms with Gasteiger partial charge < -0.3 is 19.5 Å². The third-order valence-electron chi connectivity index (χ3n) is 5.57. The number of amides is 1. The Bertz CT molecular complexity index is 1490. The van der Waals surface area contributed by atoms with Crippen LogP contribution in [0.1, 0.15) is 11.1 Å². The Morgan fingerprint density at radius 3 is 2.44 bits per heavy atom. The molecule has 0 aliphatic heterocycles. The van der Waals surface area contributed by atoms with Crippen molar-refractivity contribution < 1.29 is 19.0 Å². The lowest BCUT2D eigenvalue weighted by Crippen LogP contribution is -2.14. The number of nitrogens with one attached hydrogen (secondary N) is 1. The summed E-state index contributed by atoms with van der Waals surface area (Å²) < 4.78 is 16.6. The van der Waals surface area contributed by atoms with E-state index in [1.807, 2.05) is 42.5 Å². The number of nitriles is 1. The quantitative estimate of drug-likeness (QED) is 0.218. The van der Waals surface area contributed by atoms with Gasteiger partial charge in [-0.3, -0.25) is 4.79 Å². The number of fused-ring (bicyclic) bond motifs is 1. The van der Waals surface area contributed by atoms with Crippen LogP contribution in [0.2, 0.25) is 5.02 Å². The summed E-state index contributed by atoms with van der Waals surface area (Å²) in [6.45, 7) is 0.335. The maximum absolute atomic E-state index is 13.0. The molecular weight excluding hydrogens is 476 g/mol. The maximum atomic E-state index is 13.0. The Balaban J connectivity index is 1.58. The molecule has 4 aromatic rings. The highest BCUT2D eigenvalue weighted by Gasteiger charge is 2.16. The van der Waals surface area contributed by atoms with Crippen LogP contribution in [0.15, 0.2) is 84.4 Å². The number of methoxy groups -OCH3 is 2. The molecule has 1 amide bonds. The second kappa shape index (κ2) is 11.3. The van der Waals surface area contributed by atoms with E-state index in [0.29, 0.717) is 40.1 Å². The van der Waals surface area contributed by atoms with Crippen LogP contribution in [0, 0.1) is 11.3 Å². The third kappa shape index (κ3) is 5.43. The number of hydrogen-bond acceptors (Lipinski definition) is 5. The zero-order chi connectivity index (χ0) is 25.5. The monoisotopic (exact) mass is 498 g/mol. The standard InChI is InChI=1S/C29H23ClN2O4/c1-34-27-16-25(28(35-2)15-24(27)30)32-29(33)22(17-31)14-20-9-4-6-13-26(20)36-18-21-11-7-10-19-8-3-5-12-23(19)21/h3-16H,18H2,1-2H3,(H,32,33)/b22-14+. The van der Waals surface area contributed by atoms with Gasteiger partial charge in [0.2, 0.25) is 0 Å². The lowest BCUT2D eigenvalue weighted by Gasteiger charge is -2.13. The number of nitrogens with zero attached hydrogens (tertiary/aromatic N) is 1. The molecule has 0 aromatic heterocycles. The van der Waals surface area contributed by atoms with E-state index in [4.69, 9.17) is 25.8 Å². The second-order valence-electron chi connectivity index (χ2n) is 7.78. The molecule has 0 saturated heterocycles. The molecule has 0 fully saturated rings. The number of hydrogen-bond donors (Lipinski definition) is 1. The molecular formula is C29H23ClN2O4. The summed E-state index contributed by atoms with van der Waals surface area (Å²) in [7, 11) is 2.92. The Hall–Kier alpha value is -4.47. The Labute approximate surface area is 214 Å². The summed E-state index contributed by atoms with van der Waals surface area (Å²) in [5, 5.41) is 15.0. The highest BCUT2D eigenvalue weighted by molar-refractivity contribution is 6.32. The van der Waals surface area contributed by atoms with E-state index in [1.54, 1.807) is 12.1 Å². The van der Waals surface area contributed by atoms with E-state index in [-0.39, 0.29) is 5.57 Å². The molecule has 4 aromatic carbocycles. The van der Waals surface area contributed by atoms with Crippen molar-refractivity contribution in [3.63, 3.8) is 0 Å². The Kier molecular flexibility index (Phi) is 7.74. The topological polar surface area (TPSA) is 80.6 Å². The Morgan fingerprint density at radius 2 is 1.67 bits per heavy atom. The zero-order valence-electron chi connectivity index (χ0n) is 19.7. The predicted octanol–water partition coefficient (Wildman–Crippen LogP) is 6.64. The highest BCUT2D eigenvalue weighted by atomic mass is 35.5. The molecule has 1 N–H and O–H groups in total. The van der Waals surface area contributed by atoms with Gasteiger partial charge in [-0.15, -0.1) is 0 Å². The first-order chi connectivity index (χ1) is 17.5. The molecule has 4 rings (SSSR count). The first-order valence-electron chi connectivity index (χ1n) is 11.1. The molecule has 0 spiro atoms. The van der Waals surface area contributed by atoms with Crippen molar-refractivity contribution in [1.29, 1.82) is 5.26 Å². The summed E-state index contributed by atoms with van der Waals surface area (Å²) in [4.78, 5) is 13.0. The average molecular weight is 499 g/mol. The minimum Gasteiger partial charge on any atom is -0.495 e. The van der Waals surface area contributed by atoms with Crippen molar-refractivity contribution in [2.75, 3.05) is 19.5 Å². The first-order valence-corrected chi connectivity index (χ1v) is 11.4. The van der Waals surface area contributed by atoms with Crippen LogP contribution >= 0.6 is 11.6 Å². The van der Waals surface area contributed by atoms with E-state index < -0.39 is 5.91 Å². The van der Waals surface area contributed by atoms with Crippen molar-refractivity contribution in [2.45, 2.75) is 6.61 Å². The average Bonchev–Trinajstić information content (AvgIpc) is 2.91. The van der Waals surface area contributed by atoms with Crippen LogP contribution in [0.4, 0.5) is 5.69 Å². The minimum atomic E-state index is -0.607. The molecule has 36 heavy (non-hydrogen) atoms. The molecule has 7 heteroatoms. The van der Waals surface area contributed by atoms with Crippen molar-refractivity contribution >= 4 is 40.0 Å². The number of rotatable bonds is 8. The van der Waals surface area contributed by atoms with Gasteiger partial charge in [-0.05, 0) is 28.5 Å². The zero-order valence-corrected chi connectivity index (χ0v) is 20.5. The molecule has 0 aliphatic carbocycles.